The number of amides is 1. The predicted molar refractivity (Wildman–Crippen MR) is 114 cm³/mol. The lowest BCUT2D eigenvalue weighted by molar-refractivity contribution is -0.116. The zero-order chi connectivity index (χ0) is 19.5. The van der Waals surface area contributed by atoms with Gasteiger partial charge in [-0.2, -0.15) is 0 Å². The van der Waals surface area contributed by atoms with E-state index >= 15 is 0 Å². The first kappa shape index (κ1) is 18.6. The van der Waals surface area contributed by atoms with Crippen LogP contribution in [-0.2, 0) is 4.79 Å². The molecule has 8 heteroatoms. The van der Waals surface area contributed by atoms with E-state index in [1.165, 1.54) is 17.8 Å². The SMILES string of the molecule is Nc1cc(=O)[nH]c(SCC(=O)N2c3ccccc3SCC2c2ccccc2)n1. The van der Waals surface area contributed by atoms with Crippen molar-refractivity contribution in [2.45, 2.75) is 16.1 Å². The average molecular weight is 411 g/mol. The summed E-state index contributed by atoms with van der Waals surface area (Å²) in [5.41, 5.74) is 7.30. The number of para-hydroxylation sites is 1. The maximum absolute atomic E-state index is 13.2. The number of hydrogen-bond donors (Lipinski definition) is 2. The van der Waals surface area contributed by atoms with E-state index in [0.717, 1.165) is 21.9 Å². The van der Waals surface area contributed by atoms with Gasteiger partial charge in [-0.05, 0) is 17.7 Å². The van der Waals surface area contributed by atoms with Gasteiger partial charge in [-0.3, -0.25) is 9.59 Å². The Hall–Kier alpha value is -2.71. The van der Waals surface area contributed by atoms with E-state index in [2.05, 4.69) is 9.97 Å². The summed E-state index contributed by atoms with van der Waals surface area (Å²) >= 11 is 2.93. The van der Waals surface area contributed by atoms with E-state index in [4.69, 9.17) is 5.73 Å². The van der Waals surface area contributed by atoms with Gasteiger partial charge in [0.2, 0.25) is 5.91 Å². The first-order chi connectivity index (χ1) is 13.6. The predicted octanol–water partition coefficient (Wildman–Crippen LogP) is 3.32. The molecule has 0 aliphatic carbocycles. The number of nitrogens with zero attached hydrogens (tertiary/aromatic N) is 2. The number of benzene rings is 2. The maximum Gasteiger partial charge on any atom is 0.253 e. The average Bonchev–Trinajstić information content (AvgIpc) is 2.71. The topological polar surface area (TPSA) is 92.1 Å². The molecule has 1 atom stereocenters. The molecule has 0 bridgehead atoms. The first-order valence-corrected chi connectivity index (χ1v) is 10.7. The van der Waals surface area contributed by atoms with Crippen molar-refractivity contribution < 1.29 is 4.79 Å². The highest BCUT2D eigenvalue weighted by Crippen LogP contribution is 2.43. The lowest BCUT2D eigenvalue weighted by Crippen LogP contribution is -2.39. The van der Waals surface area contributed by atoms with Crippen molar-refractivity contribution in [3.05, 3.63) is 76.6 Å². The highest BCUT2D eigenvalue weighted by molar-refractivity contribution is 8.00. The molecule has 0 radical (unpaired) electrons. The van der Waals surface area contributed by atoms with E-state index < -0.39 is 0 Å². The number of hydrogen-bond acceptors (Lipinski definition) is 6. The van der Waals surface area contributed by atoms with Gasteiger partial charge in [0.15, 0.2) is 5.16 Å². The van der Waals surface area contributed by atoms with E-state index in [0.29, 0.717) is 5.16 Å². The second-order valence-electron chi connectivity index (χ2n) is 6.23. The zero-order valence-electron chi connectivity index (χ0n) is 14.9. The Bertz CT molecular complexity index is 1060. The fourth-order valence-electron chi connectivity index (χ4n) is 3.14. The van der Waals surface area contributed by atoms with Gasteiger partial charge in [0, 0.05) is 16.7 Å². The van der Waals surface area contributed by atoms with Crippen LogP contribution in [0.25, 0.3) is 0 Å². The van der Waals surface area contributed by atoms with Gasteiger partial charge < -0.3 is 15.6 Å². The molecule has 1 amide bonds. The van der Waals surface area contributed by atoms with E-state index in [1.54, 1.807) is 11.8 Å². The minimum atomic E-state index is -0.329. The van der Waals surface area contributed by atoms with Gasteiger partial charge in [-0.15, -0.1) is 11.8 Å². The number of carbonyl (C=O) groups excluding carboxylic acids is 1. The molecule has 2 aromatic carbocycles. The molecule has 2 heterocycles. The Morgan fingerprint density at radius 1 is 1.21 bits per heavy atom. The number of H-pyrrole nitrogens is 1. The van der Waals surface area contributed by atoms with Crippen LogP contribution in [0.2, 0.25) is 0 Å². The van der Waals surface area contributed by atoms with Gasteiger partial charge in [0.25, 0.3) is 5.56 Å². The van der Waals surface area contributed by atoms with Crippen LogP contribution < -0.4 is 16.2 Å². The molecule has 0 saturated carbocycles. The summed E-state index contributed by atoms with van der Waals surface area (Å²) in [5.74, 6) is 1.02. The van der Waals surface area contributed by atoms with Crippen molar-refractivity contribution in [2.24, 2.45) is 0 Å². The Balaban J connectivity index is 1.62. The molecule has 4 rings (SSSR count). The number of nitrogens with one attached hydrogen (secondary N) is 1. The molecule has 3 N–H and O–H groups in total. The number of fused-ring (bicyclic) bond motifs is 1. The summed E-state index contributed by atoms with van der Waals surface area (Å²) in [6.45, 7) is 0. The van der Waals surface area contributed by atoms with Crippen molar-refractivity contribution in [3.63, 3.8) is 0 Å². The molecule has 28 heavy (non-hydrogen) atoms. The molecule has 1 aromatic heterocycles. The minimum absolute atomic E-state index is 0.0447. The number of aromatic nitrogens is 2. The van der Waals surface area contributed by atoms with Gasteiger partial charge >= 0.3 is 0 Å². The number of nitrogen functional groups attached to an aromatic ring is 1. The highest BCUT2D eigenvalue weighted by atomic mass is 32.2. The van der Waals surface area contributed by atoms with Gasteiger partial charge in [0.1, 0.15) is 5.82 Å². The normalized spacial score (nSPS) is 15.9. The van der Waals surface area contributed by atoms with Crippen molar-refractivity contribution in [1.29, 1.82) is 0 Å². The third-order valence-electron chi connectivity index (χ3n) is 4.36. The molecular weight excluding hydrogens is 392 g/mol. The monoisotopic (exact) mass is 410 g/mol. The van der Waals surface area contributed by atoms with Crippen molar-refractivity contribution in [1.82, 2.24) is 9.97 Å². The number of nitrogens with two attached hydrogens (primary N) is 1. The lowest BCUT2D eigenvalue weighted by atomic mass is 10.1. The number of rotatable bonds is 4. The Morgan fingerprint density at radius 3 is 2.75 bits per heavy atom. The summed E-state index contributed by atoms with van der Waals surface area (Å²) in [4.78, 5) is 34.4. The van der Waals surface area contributed by atoms with Crippen LogP contribution in [0.15, 0.2) is 75.5 Å². The fraction of sp³-hybridized carbons (Fsp3) is 0.150. The molecule has 3 aromatic rings. The van der Waals surface area contributed by atoms with Crippen LogP contribution in [0.4, 0.5) is 11.5 Å². The molecule has 6 nitrogen and oxygen atoms in total. The molecule has 0 fully saturated rings. The third kappa shape index (κ3) is 3.93. The van der Waals surface area contributed by atoms with Crippen molar-refractivity contribution in [3.8, 4) is 0 Å². The number of thioether (sulfide) groups is 2. The first-order valence-electron chi connectivity index (χ1n) is 8.70. The number of anilines is 2. The van der Waals surface area contributed by atoms with E-state index in [9.17, 15) is 9.59 Å². The fourth-order valence-corrected chi connectivity index (χ4v) is 5.05. The van der Waals surface area contributed by atoms with Gasteiger partial charge in [-0.25, -0.2) is 4.98 Å². The van der Waals surface area contributed by atoms with Crippen LogP contribution in [0, 0.1) is 0 Å². The summed E-state index contributed by atoms with van der Waals surface area (Å²) in [6.07, 6.45) is 0. The van der Waals surface area contributed by atoms with Crippen molar-refractivity contribution in [2.75, 3.05) is 22.1 Å². The van der Waals surface area contributed by atoms with E-state index in [-0.39, 0.29) is 29.1 Å². The van der Waals surface area contributed by atoms with Crippen molar-refractivity contribution >= 4 is 40.9 Å². The van der Waals surface area contributed by atoms with Gasteiger partial charge in [-0.1, -0.05) is 54.2 Å². The third-order valence-corrected chi connectivity index (χ3v) is 6.36. The van der Waals surface area contributed by atoms with Crippen LogP contribution in [-0.4, -0.2) is 27.4 Å². The molecule has 0 spiro atoms. The Labute approximate surface area is 170 Å². The molecule has 1 aliphatic heterocycles. The van der Waals surface area contributed by atoms with E-state index in [1.807, 2.05) is 59.5 Å². The molecule has 0 saturated heterocycles. The summed E-state index contributed by atoms with van der Waals surface area (Å²) in [7, 11) is 0. The minimum Gasteiger partial charge on any atom is -0.383 e. The van der Waals surface area contributed by atoms with Crippen LogP contribution >= 0.6 is 23.5 Å². The molecular formula is C20H18N4O2S2. The Morgan fingerprint density at radius 2 is 1.96 bits per heavy atom. The smallest absolute Gasteiger partial charge is 0.253 e. The zero-order valence-corrected chi connectivity index (χ0v) is 16.5. The number of carbonyl (C=O) groups is 1. The standard InChI is InChI=1S/C20H18N4O2S2/c21-17-10-18(25)23-20(22-17)28-12-19(26)24-14-8-4-5-9-16(14)27-11-15(24)13-6-2-1-3-7-13/h1-10,15H,11-12H2,(H3,21,22,23,25). The highest BCUT2D eigenvalue weighted by Gasteiger charge is 2.32. The second-order valence-corrected chi connectivity index (χ2v) is 8.26. The number of aromatic amines is 1. The van der Waals surface area contributed by atoms with Crippen LogP contribution in [0.1, 0.15) is 11.6 Å². The summed E-state index contributed by atoms with van der Waals surface area (Å²) in [5, 5.41) is 0.342. The summed E-state index contributed by atoms with van der Waals surface area (Å²) in [6, 6.07) is 19.1. The van der Waals surface area contributed by atoms with Crippen LogP contribution in [0.3, 0.4) is 0 Å². The van der Waals surface area contributed by atoms with Crippen LogP contribution in [0.5, 0.6) is 0 Å². The quantitative estimate of drug-likeness (QED) is 0.506. The largest absolute Gasteiger partial charge is 0.383 e. The van der Waals surface area contributed by atoms with Gasteiger partial charge in [0.05, 0.1) is 17.5 Å². The second kappa shape index (κ2) is 8.12. The lowest BCUT2D eigenvalue weighted by Gasteiger charge is -2.37. The molecule has 142 valence electrons. The Kier molecular flexibility index (Phi) is 5.40. The maximum atomic E-state index is 13.2. The molecule has 1 unspecified atom stereocenters. The molecule has 1 aliphatic rings. The summed E-state index contributed by atoms with van der Waals surface area (Å²) < 4.78 is 0.